The quantitative estimate of drug-likeness (QED) is 0.786. The Morgan fingerprint density at radius 2 is 1.65 bits per heavy atom. The van der Waals surface area contributed by atoms with Crippen molar-refractivity contribution < 1.29 is 23.1 Å². The number of hydrogen-bond acceptors (Lipinski definition) is 4. The van der Waals surface area contributed by atoms with E-state index in [1.807, 2.05) is 30.3 Å². The molecule has 5 nitrogen and oxygen atoms in total. The smallest absolute Gasteiger partial charge is 0.341 e. The molecule has 2 aromatic carbocycles. The first-order valence-electron chi connectivity index (χ1n) is 8.24. The molecule has 0 saturated carbocycles. The van der Waals surface area contributed by atoms with Gasteiger partial charge in [-0.25, -0.2) is 13.6 Å². The molecule has 0 spiro atoms. The van der Waals surface area contributed by atoms with Crippen LogP contribution in [0.15, 0.2) is 48.5 Å². The molecule has 1 fully saturated rings. The number of halogens is 2. The second kappa shape index (κ2) is 7.95. The van der Waals surface area contributed by atoms with Crippen molar-refractivity contribution >= 4 is 17.6 Å². The van der Waals surface area contributed by atoms with Gasteiger partial charge in [0.05, 0.1) is 5.56 Å². The Labute approximate surface area is 149 Å². The van der Waals surface area contributed by atoms with Crippen LogP contribution in [0.5, 0.6) is 0 Å². The molecule has 0 N–H and O–H groups in total. The lowest BCUT2D eigenvalue weighted by Gasteiger charge is -2.36. The molecule has 0 aliphatic carbocycles. The minimum atomic E-state index is -1.01. The van der Waals surface area contributed by atoms with E-state index in [9.17, 15) is 18.4 Å². The van der Waals surface area contributed by atoms with Crippen LogP contribution in [-0.4, -0.2) is 49.6 Å². The van der Waals surface area contributed by atoms with Gasteiger partial charge in [0.1, 0.15) is 11.6 Å². The fourth-order valence-electron chi connectivity index (χ4n) is 2.80. The fraction of sp³-hybridized carbons (Fsp3) is 0.263. The number of ether oxygens (including phenoxy) is 1. The van der Waals surface area contributed by atoms with Crippen molar-refractivity contribution in [3.63, 3.8) is 0 Å². The standard InChI is InChI=1S/C19H18F2N2O3/c20-14-6-7-16(17(21)12-14)19(25)26-13-18(24)23-10-8-22(9-11-23)15-4-2-1-3-5-15/h1-7,12H,8-11,13H2. The second-order valence-electron chi connectivity index (χ2n) is 5.90. The van der Waals surface area contributed by atoms with E-state index in [1.54, 1.807) is 4.90 Å². The molecule has 7 heteroatoms. The van der Waals surface area contributed by atoms with Gasteiger partial charge in [-0.15, -0.1) is 0 Å². The van der Waals surface area contributed by atoms with Gasteiger partial charge in [-0.3, -0.25) is 4.79 Å². The van der Waals surface area contributed by atoms with Gasteiger partial charge in [0.15, 0.2) is 6.61 Å². The van der Waals surface area contributed by atoms with Crippen LogP contribution in [0.2, 0.25) is 0 Å². The van der Waals surface area contributed by atoms with Crippen LogP contribution >= 0.6 is 0 Å². The van der Waals surface area contributed by atoms with E-state index in [-0.39, 0.29) is 5.91 Å². The monoisotopic (exact) mass is 360 g/mol. The van der Waals surface area contributed by atoms with Gasteiger partial charge in [-0.2, -0.15) is 0 Å². The SMILES string of the molecule is O=C(OCC(=O)N1CCN(c2ccccc2)CC1)c1ccc(F)cc1F. The van der Waals surface area contributed by atoms with Gasteiger partial charge < -0.3 is 14.5 Å². The largest absolute Gasteiger partial charge is 0.452 e. The van der Waals surface area contributed by atoms with Gasteiger partial charge >= 0.3 is 5.97 Å². The van der Waals surface area contributed by atoms with Crippen LogP contribution in [-0.2, 0) is 9.53 Å². The molecule has 0 aromatic heterocycles. The molecule has 0 bridgehead atoms. The molecule has 3 rings (SSSR count). The van der Waals surface area contributed by atoms with Crippen molar-refractivity contribution in [2.75, 3.05) is 37.7 Å². The van der Waals surface area contributed by atoms with Crippen molar-refractivity contribution in [1.29, 1.82) is 0 Å². The van der Waals surface area contributed by atoms with Gasteiger partial charge in [0.25, 0.3) is 5.91 Å². The van der Waals surface area contributed by atoms with Crippen molar-refractivity contribution in [3.05, 3.63) is 65.7 Å². The summed E-state index contributed by atoms with van der Waals surface area (Å²) in [5.74, 6) is -3.13. The molecule has 1 heterocycles. The summed E-state index contributed by atoms with van der Waals surface area (Å²) in [6, 6.07) is 12.4. The maximum Gasteiger partial charge on any atom is 0.341 e. The Morgan fingerprint density at radius 3 is 2.31 bits per heavy atom. The number of esters is 1. The minimum Gasteiger partial charge on any atom is -0.452 e. The molecular formula is C19H18F2N2O3. The molecule has 26 heavy (non-hydrogen) atoms. The van der Waals surface area contributed by atoms with Crippen molar-refractivity contribution in [2.45, 2.75) is 0 Å². The van der Waals surface area contributed by atoms with E-state index < -0.39 is 29.8 Å². The number of carbonyl (C=O) groups excluding carboxylic acids is 2. The lowest BCUT2D eigenvalue weighted by Crippen LogP contribution is -2.49. The molecule has 0 unspecified atom stereocenters. The van der Waals surface area contributed by atoms with Crippen molar-refractivity contribution in [2.24, 2.45) is 0 Å². The average molecular weight is 360 g/mol. The maximum atomic E-state index is 13.5. The number of amides is 1. The highest BCUT2D eigenvalue weighted by Crippen LogP contribution is 2.16. The summed E-state index contributed by atoms with van der Waals surface area (Å²) in [4.78, 5) is 27.8. The molecule has 1 amide bonds. The van der Waals surface area contributed by atoms with Crippen LogP contribution in [0.3, 0.4) is 0 Å². The number of carbonyl (C=O) groups is 2. The topological polar surface area (TPSA) is 49.9 Å². The number of rotatable bonds is 4. The van der Waals surface area contributed by atoms with E-state index in [4.69, 9.17) is 4.74 Å². The number of benzene rings is 2. The third-order valence-electron chi connectivity index (χ3n) is 4.23. The van der Waals surface area contributed by atoms with E-state index in [0.717, 1.165) is 17.8 Å². The van der Waals surface area contributed by atoms with Crippen LogP contribution in [0.25, 0.3) is 0 Å². The zero-order valence-corrected chi connectivity index (χ0v) is 14.0. The Bertz CT molecular complexity index is 791. The van der Waals surface area contributed by atoms with Gasteiger partial charge in [-0.1, -0.05) is 18.2 Å². The molecule has 136 valence electrons. The minimum absolute atomic E-state index is 0.339. The number of anilines is 1. The van der Waals surface area contributed by atoms with Gasteiger partial charge in [-0.05, 0) is 24.3 Å². The zero-order valence-electron chi connectivity index (χ0n) is 14.0. The first-order chi connectivity index (χ1) is 12.5. The zero-order chi connectivity index (χ0) is 18.5. The summed E-state index contributed by atoms with van der Waals surface area (Å²) in [6.45, 7) is 1.90. The Kier molecular flexibility index (Phi) is 5.46. The molecule has 2 aromatic rings. The van der Waals surface area contributed by atoms with E-state index in [0.29, 0.717) is 32.2 Å². The maximum absolute atomic E-state index is 13.5. The predicted octanol–water partition coefficient (Wildman–Crippen LogP) is 2.47. The number of hydrogen-bond donors (Lipinski definition) is 0. The number of para-hydroxylation sites is 1. The fourth-order valence-corrected chi connectivity index (χ4v) is 2.80. The van der Waals surface area contributed by atoms with Crippen LogP contribution in [0.4, 0.5) is 14.5 Å². The summed E-state index contributed by atoms with van der Waals surface area (Å²) < 4.78 is 31.3. The molecular weight excluding hydrogens is 342 g/mol. The molecule has 1 aliphatic heterocycles. The molecule has 1 saturated heterocycles. The van der Waals surface area contributed by atoms with E-state index >= 15 is 0 Å². The normalized spacial score (nSPS) is 14.2. The van der Waals surface area contributed by atoms with Gasteiger partial charge in [0, 0.05) is 37.9 Å². The average Bonchev–Trinajstić information content (AvgIpc) is 2.66. The highest BCUT2D eigenvalue weighted by Gasteiger charge is 2.23. The first kappa shape index (κ1) is 17.8. The number of piperazine rings is 1. The van der Waals surface area contributed by atoms with Crippen molar-refractivity contribution in [1.82, 2.24) is 4.90 Å². The predicted molar refractivity (Wildman–Crippen MR) is 91.9 cm³/mol. The molecule has 0 atom stereocenters. The summed E-state index contributed by atoms with van der Waals surface area (Å²) in [7, 11) is 0. The highest BCUT2D eigenvalue weighted by molar-refractivity contribution is 5.91. The second-order valence-corrected chi connectivity index (χ2v) is 5.90. The number of nitrogens with zero attached hydrogens (tertiary/aromatic N) is 2. The summed E-state index contributed by atoms with van der Waals surface area (Å²) in [5, 5.41) is 0. The lowest BCUT2D eigenvalue weighted by molar-refractivity contribution is -0.134. The van der Waals surface area contributed by atoms with Crippen LogP contribution < -0.4 is 4.90 Å². The highest BCUT2D eigenvalue weighted by atomic mass is 19.1. The van der Waals surface area contributed by atoms with Crippen LogP contribution in [0.1, 0.15) is 10.4 Å². The summed E-state index contributed by atoms with van der Waals surface area (Å²) >= 11 is 0. The third kappa shape index (κ3) is 4.17. The Balaban J connectivity index is 1.49. The Morgan fingerprint density at radius 1 is 0.962 bits per heavy atom. The van der Waals surface area contributed by atoms with Gasteiger partial charge in [0.2, 0.25) is 0 Å². The van der Waals surface area contributed by atoms with E-state index in [1.165, 1.54) is 0 Å². The van der Waals surface area contributed by atoms with Crippen molar-refractivity contribution in [3.8, 4) is 0 Å². The first-order valence-corrected chi connectivity index (χ1v) is 8.24. The summed E-state index contributed by atoms with van der Waals surface area (Å²) in [5.41, 5.74) is 0.700. The molecule has 0 radical (unpaired) electrons. The summed E-state index contributed by atoms with van der Waals surface area (Å²) in [6.07, 6.45) is 0. The lowest BCUT2D eigenvalue weighted by atomic mass is 10.2. The molecule has 1 aliphatic rings. The van der Waals surface area contributed by atoms with Crippen LogP contribution in [0, 0.1) is 11.6 Å². The Hall–Kier alpha value is -2.96. The van der Waals surface area contributed by atoms with E-state index in [2.05, 4.69) is 4.90 Å². The third-order valence-corrected chi connectivity index (χ3v) is 4.23.